The average Bonchev–Trinajstić information content (AvgIpc) is 2.84. The lowest BCUT2D eigenvalue weighted by Crippen LogP contribution is -2.43. The molecule has 4 heteroatoms. The molecular formula is C27H32N2O2. The van der Waals surface area contributed by atoms with Gasteiger partial charge in [0.05, 0.1) is 0 Å². The molecule has 0 bridgehead atoms. The predicted molar refractivity (Wildman–Crippen MR) is 125 cm³/mol. The number of benzene rings is 2. The topological polar surface area (TPSA) is 49.4 Å². The van der Waals surface area contributed by atoms with Crippen LogP contribution in [0.3, 0.4) is 0 Å². The first-order valence-electron chi connectivity index (χ1n) is 11.6. The summed E-state index contributed by atoms with van der Waals surface area (Å²) in [5.74, 6) is 0.529. The lowest BCUT2D eigenvalue weighted by atomic mass is 9.94. The summed E-state index contributed by atoms with van der Waals surface area (Å²) >= 11 is 0. The number of nitrogens with one attached hydrogen (secondary N) is 1. The number of nitrogens with zero attached hydrogens (tertiary/aromatic N) is 1. The van der Waals surface area contributed by atoms with Crippen LogP contribution < -0.4 is 5.32 Å². The van der Waals surface area contributed by atoms with Gasteiger partial charge in [-0.05, 0) is 67.7 Å². The highest BCUT2D eigenvalue weighted by Gasteiger charge is 2.24. The van der Waals surface area contributed by atoms with E-state index in [9.17, 15) is 9.59 Å². The van der Waals surface area contributed by atoms with Gasteiger partial charge in [-0.2, -0.15) is 0 Å². The van der Waals surface area contributed by atoms with Crippen LogP contribution in [-0.4, -0.2) is 36.3 Å². The van der Waals surface area contributed by atoms with Crippen LogP contribution >= 0.6 is 0 Å². The van der Waals surface area contributed by atoms with Gasteiger partial charge in [0.1, 0.15) is 0 Å². The molecule has 0 unspecified atom stereocenters. The van der Waals surface area contributed by atoms with Gasteiger partial charge in [-0.3, -0.25) is 9.59 Å². The van der Waals surface area contributed by atoms with Crippen molar-refractivity contribution in [2.75, 3.05) is 19.6 Å². The summed E-state index contributed by atoms with van der Waals surface area (Å²) in [5.41, 5.74) is 4.23. The molecule has 4 rings (SSSR count). The van der Waals surface area contributed by atoms with Crippen LogP contribution in [0.2, 0.25) is 0 Å². The Morgan fingerprint density at radius 2 is 1.71 bits per heavy atom. The van der Waals surface area contributed by atoms with Gasteiger partial charge in [0.25, 0.3) is 5.91 Å². The molecule has 2 aromatic carbocycles. The standard InChI is InChI=1S/C27H32N2O2/c30-26(18-21-8-3-1-4-9-21)29-17-7-10-22(20-29)19-28-27(31)25-15-13-24(14-16-25)23-11-5-2-6-12-23/h2,5-6,8,11-16,22H,1,3-4,7,9-10,17-20H2,(H,28,31)/t22-/m1/s1. The number of hydrogen-bond donors (Lipinski definition) is 1. The Hall–Kier alpha value is -2.88. The summed E-state index contributed by atoms with van der Waals surface area (Å²) < 4.78 is 0. The number of carbonyl (C=O) groups is 2. The van der Waals surface area contributed by atoms with Crippen LogP contribution in [0.5, 0.6) is 0 Å². The number of amides is 2. The number of piperidine rings is 1. The van der Waals surface area contributed by atoms with E-state index in [2.05, 4.69) is 23.5 Å². The predicted octanol–water partition coefficient (Wildman–Crippen LogP) is 5.21. The van der Waals surface area contributed by atoms with Crippen LogP contribution in [0, 0.1) is 5.92 Å². The van der Waals surface area contributed by atoms with Crippen molar-refractivity contribution in [3.63, 3.8) is 0 Å². The van der Waals surface area contributed by atoms with Crippen molar-refractivity contribution in [2.24, 2.45) is 5.92 Å². The van der Waals surface area contributed by atoms with E-state index in [4.69, 9.17) is 0 Å². The first-order chi connectivity index (χ1) is 15.2. The fraction of sp³-hybridized carbons (Fsp3) is 0.407. The zero-order chi connectivity index (χ0) is 21.5. The van der Waals surface area contributed by atoms with E-state index in [-0.39, 0.29) is 11.8 Å². The minimum Gasteiger partial charge on any atom is -0.352 e. The number of likely N-dealkylation sites (tertiary alicyclic amines) is 1. The normalized spacial score (nSPS) is 18.9. The van der Waals surface area contributed by atoms with E-state index in [1.165, 1.54) is 18.4 Å². The summed E-state index contributed by atoms with van der Waals surface area (Å²) in [6.45, 7) is 2.21. The second-order valence-corrected chi connectivity index (χ2v) is 8.79. The molecule has 1 aliphatic heterocycles. The van der Waals surface area contributed by atoms with E-state index in [1.54, 1.807) is 0 Å². The SMILES string of the molecule is O=C(NC[C@H]1CCCN(C(=O)CC2=CCCCC2)C1)c1ccc(-c2ccccc2)cc1. The summed E-state index contributed by atoms with van der Waals surface area (Å²) in [7, 11) is 0. The van der Waals surface area contributed by atoms with Crippen molar-refractivity contribution in [2.45, 2.75) is 44.9 Å². The van der Waals surface area contributed by atoms with E-state index >= 15 is 0 Å². The quantitative estimate of drug-likeness (QED) is 0.657. The van der Waals surface area contributed by atoms with Crippen LogP contribution in [-0.2, 0) is 4.79 Å². The molecule has 1 saturated heterocycles. The molecule has 1 atom stereocenters. The molecule has 0 aromatic heterocycles. The number of allylic oxidation sites excluding steroid dienone is 1. The van der Waals surface area contributed by atoms with Gasteiger partial charge in [-0.15, -0.1) is 0 Å². The number of rotatable bonds is 6. The zero-order valence-corrected chi connectivity index (χ0v) is 18.2. The van der Waals surface area contributed by atoms with Crippen molar-refractivity contribution in [1.29, 1.82) is 0 Å². The highest BCUT2D eigenvalue weighted by Crippen LogP contribution is 2.23. The Balaban J connectivity index is 1.27. The second-order valence-electron chi connectivity index (χ2n) is 8.79. The van der Waals surface area contributed by atoms with Gasteiger partial charge >= 0.3 is 0 Å². The molecule has 2 aromatic rings. The van der Waals surface area contributed by atoms with Gasteiger partial charge < -0.3 is 10.2 Å². The third-order valence-electron chi connectivity index (χ3n) is 6.44. The molecule has 2 amide bonds. The summed E-state index contributed by atoms with van der Waals surface area (Å²) in [6.07, 6.45) is 9.54. The smallest absolute Gasteiger partial charge is 0.251 e. The molecule has 2 aliphatic rings. The number of hydrogen-bond acceptors (Lipinski definition) is 2. The Morgan fingerprint density at radius 1 is 0.935 bits per heavy atom. The van der Waals surface area contributed by atoms with Crippen molar-refractivity contribution in [3.05, 3.63) is 71.8 Å². The second kappa shape index (κ2) is 10.4. The van der Waals surface area contributed by atoms with Gasteiger partial charge in [0.15, 0.2) is 0 Å². The maximum atomic E-state index is 12.7. The highest BCUT2D eigenvalue weighted by atomic mass is 16.2. The third-order valence-corrected chi connectivity index (χ3v) is 6.44. The first kappa shape index (κ1) is 21.4. The average molecular weight is 417 g/mol. The number of carbonyl (C=O) groups excluding carboxylic acids is 2. The first-order valence-corrected chi connectivity index (χ1v) is 11.6. The molecule has 4 nitrogen and oxygen atoms in total. The van der Waals surface area contributed by atoms with E-state index < -0.39 is 0 Å². The van der Waals surface area contributed by atoms with Gasteiger partial charge in [0, 0.05) is 31.6 Å². The van der Waals surface area contributed by atoms with Crippen LogP contribution in [0.4, 0.5) is 0 Å². The van der Waals surface area contributed by atoms with Crippen molar-refractivity contribution >= 4 is 11.8 Å². The van der Waals surface area contributed by atoms with E-state index in [0.29, 0.717) is 24.4 Å². The van der Waals surface area contributed by atoms with E-state index in [1.807, 2.05) is 47.4 Å². The molecule has 1 fully saturated rings. The Morgan fingerprint density at radius 3 is 2.45 bits per heavy atom. The van der Waals surface area contributed by atoms with Gasteiger partial charge in [-0.25, -0.2) is 0 Å². The van der Waals surface area contributed by atoms with Gasteiger partial charge in [-0.1, -0.05) is 54.1 Å². The lowest BCUT2D eigenvalue weighted by Gasteiger charge is -2.33. The molecule has 1 aliphatic carbocycles. The molecule has 1 heterocycles. The minimum atomic E-state index is -0.0459. The maximum Gasteiger partial charge on any atom is 0.251 e. The van der Waals surface area contributed by atoms with Crippen LogP contribution in [0.25, 0.3) is 11.1 Å². The van der Waals surface area contributed by atoms with Crippen LogP contribution in [0.1, 0.15) is 55.3 Å². The van der Waals surface area contributed by atoms with Crippen molar-refractivity contribution in [3.8, 4) is 11.1 Å². The molecule has 0 saturated carbocycles. The van der Waals surface area contributed by atoms with Gasteiger partial charge in [0.2, 0.25) is 5.91 Å². The Labute approximate surface area is 185 Å². The molecular weight excluding hydrogens is 384 g/mol. The Kier molecular flexibility index (Phi) is 7.18. The fourth-order valence-electron chi connectivity index (χ4n) is 4.61. The molecule has 31 heavy (non-hydrogen) atoms. The Bertz CT molecular complexity index is 918. The summed E-state index contributed by atoms with van der Waals surface area (Å²) in [6, 6.07) is 17.9. The largest absolute Gasteiger partial charge is 0.352 e. The maximum absolute atomic E-state index is 12.7. The fourth-order valence-corrected chi connectivity index (χ4v) is 4.61. The molecule has 1 N–H and O–H groups in total. The summed E-state index contributed by atoms with van der Waals surface area (Å²) in [5, 5.41) is 3.08. The van der Waals surface area contributed by atoms with Crippen LogP contribution in [0.15, 0.2) is 66.2 Å². The highest BCUT2D eigenvalue weighted by molar-refractivity contribution is 5.94. The lowest BCUT2D eigenvalue weighted by molar-refractivity contribution is -0.132. The van der Waals surface area contributed by atoms with Crippen molar-refractivity contribution < 1.29 is 9.59 Å². The molecule has 0 spiro atoms. The minimum absolute atomic E-state index is 0.0459. The van der Waals surface area contributed by atoms with Crippen molar-refractivity contribution in [1.82, 2.24) is 10.2 Å². The van der Waals surface area contributed by atoms with E-state index in [0.717, 1.165) is 49.9 Å². The monoisotopic (exact) mass is 416 g/mol. The molecule has 0 radical (unpaired) electrons. The zero-order valence-electron chi connectivity index (χ0n) is 18.2. The summed E-state index contributed by atoms with van der Waals surface area (Å²) in [4.78, 5) is 27.3. The third kappa shape index (κ3) is 5.84. The molecule has 162 valence electrons.